The number of carbonyl (C=O) groups is 1. The lowest BCUT2D eigenvalue weighted by molar-refractivity contribution is -0.120. The lowest BCUT2D eigenvalue weighted by atomic mass is 10.1. The molecule has 0 radical (unpaired) electrons. The van der Waals surface area contributed by atoms with Crippen molar-refractivity contribution in [3.63, 3.8) is 0 Å². The van der Waals surface area contributed by atoms with E-state index in [2.05, 4.69) is 35.3 Å². The van der Waals surface area contributed by atoms with Crippen molar-refractivity contribution in [1.29, 1.82) is 0 Å². The van der Waals surface area contributed by atoms with Gasteiger partial charge in [0.1, 0.15) is 23.9 Å². The molecular formula is C20H19ClN8O. The van der Waals surface area contributed by atoms with Crippen LogP contribution in [-0.4, -0.2) is 41.5 Å². The maximum atomic E-state index is 12.6. The number of allylic oxidation sites excluding steroid dienone is 1. The molecule has 0 saturated heterocycles. The SMILES string of the molecule is Cc1nn(CC(=O)NC2=NC=C(c3cnccn3)CC2)c(C)c1-c1cc(Cl)ncn1. The van der Waals surface area contributed by atoms with E-state index in [1.807, 2.05) is 13.8 Å². The summed E-state index contributed by atoms with van der Waals surface area (Å²) < 4.78 is 1.65. The average molecular weight is 423 g/mol. The number of aryl methyl sites for hydroxylation is 1. The van der Waals surface area contributed by atoms with Gasteiger partial charge in [-0.1, -0.05) is 11.6 Å². The molecule has 0 fully saturated rings. The predicted molar refractivity (Wildman–Crippen MR) is 113 cm³/mol. The number of hydrogen-bond donors (Lipinski definition) is 1. The third-order valence-corrected chi connectivity index (χ3v) is 4.95. The molecule has 10 heteroatoms. The first-order valence-corrected chi connectivity index (χ1v) is 9.73. The summed E-state index contributed by atoms with van der Waals surface area (Å²) in [5, 5.41) is 7.71. The molecule has 30 heavy (non-hydrogen) atoms. The molecule has 1 N–H and O–H groups in total. The Hall–Kier alpha value is -3.46. The summed E-state index contributed by atoms with van der Waals surface area (Å²) in [5.41, 5.74) is 4.91. The minimum atomic E-state index is -0.192. The van der Waals surface area contributed by atoms with Gasteiger partial charge in [0.2, 0.25) is 5.91 Å². The van der Waals surface area contributed by atoms with Crippen LogP contribution in [0.3, 0.4) is 0 Å². The highest BCUT2D eigenvalue weighted by Crippen LogP contribution is 2.26. The van der Waals surface area contributed by atoms with Crippen molar-refractivity contribution in [2.24, 2.45) is 4.99 Å². The topological polar surface area (TPSA) is 111 Å². The second-order valence-electron chi connectivity index (χ2n) is 6.80. The molecule has 0 aromatic carbocycles. The first kappa shape index (κ1) is 19.8. The number of halogens is 1. The van der Waals surface area contributed by atoms with E-state index in [0.29, 0.717) is 23.1 Å². The Balaban J connectivity index is 1.46. The fourth-order valence-corrected chi connectivity index (χ4v) is 3.47. The largest absolute Gasteiger partial charge is 0.313 e. The van der Waals surface area contributed by atoms with Gasteiger partial charge in [0.05, 0.1) is 23.3 Å². The number of hydrogen-bond acceptors (Lipinski definition) is 7. The van der Waals surface area contributed by atoms with E-state index in [9.17, 15) is 4.79 Å². The van der Waals surface area contributed by atoms with E-state index in [0.717, 1.165) is 34.6 Å². The molecule has 0 spiro atoms. The highest BCUT2D eigenvalue weighted by atomic mass is 35.5. The Morgan fingerprint density at radius 3 is 2.73 bits per heavy atom. The standard InChI is InChI=1S/C20H19ClN8O/c1-12-20(15-7-17(21)26-11-25-15)13(2)29(28-12)10-19(30)27-18-4-3-14(8-24-18)16-9-22-5-6-23-16/h5-9,11H,3-4,10H2,1-2H3,(H,24,27,30). The number of nitrogens with one attached hydrogen (secondary N) is 1. The summed E-state index contributed by atoms with van der Waals surface area (Å²) in [6, 6.07) is 1.68. The van der Waals surface area contributed by atoms with Gasteiger partial charge < -0.3 is 5.32 Å². The zero-order valence-corrected chi connectivity index (χ0v) is 17.3. The third-order valence-electron chi connectivity index (χ3n) is 4.75. The van der Waals surface area contributed by atoms with Gasteiger partial charge in [-0.25, -0.2) is 15.0 Å². The fraction of sp³-hybridized carbons (Fsp3) is 0.250. The van der Waals surface area contributed by atoms with Gasteiger partial charge in [0.15, 0.2) is 0 Å². The minimum absolute atomic E-state index is 0.0746. The monoisotopic (exact) mass is 422 g/mol. The normalized spacial score (nSPS) is 13.6. The molecule has 4 heterocycles. The van der Waals surface area contributed by atoms with Crippen molar-refractivity contribution in [2.75, 3.05) is 0 Å². The Kier molecular flexibility index (Phi) is 5.62. The number of carbonyl (C=O) groups excluding carboxylic acids is 1. The second kappa shape index (κ2) is 8.50. The number of nitrogens with zero attached hydrogens (tertiary/aromatic N) is 7. The molecule has 3 aromatic heterocycles. The third kappa shape index (κ3) is 4.25. The van der Waals surface area contributed by atoms with E-state index >= 15 is 0 Å². The van der Waals surface area contributed by atoms with E-state index < -0.39 is 0 Å². The fourth-order valence-electron chi connectivity index (χ4n) is 3.32. The van der Waals surface area contributed by atoms with Crippen LogP contribution in [0.4, 0.5) is 0 Å². The smallest absolute Gasteiger partial charge is 0.247 e. The molecular weight excluding hydrogens is 404 g/mol. The highest BCUT2D eigenvalue weighted by Gasteiger charge is 2.18. The number of amides is 1. The predicted octanol–water partition coefficient (Wildman–Crippen LogP) is 2.75. The number of rotatable bonds is 4. The molecule has 0 aliphatic carbocycles. The number of aromatic nitrogens is 6. The summed E-state index contributed by atoms with van der Waals surface area (Å²) in [6.45, 7) is 3.84. The van der Waals surface area contributed by atoms with Gasteiger partial charge in [0.25, 0.3) is 0 Å². The molecule has 0 atom stereocenters. The van der Waals surface area contributed by atoms with Gasteiger partial charge in [-0.2, -0.15) is 5.10 Å². The molecule has 1 aliphatic rings. The van der Waals surface area contributed by atoms with Crippen LogP contribution < -0.4 is 5.32 Å². The molecule has 0 unspecified atom stereocenters. The summed E-state index contributed by atoms with van der Waals surface area (Å²) in [7, 11) is 0. The number of aliphatic imine (C=N–C) groups is 1. The Bertz CT molecular complexity index is 1150. The second-order valence-corrected chi connectivity index (χ2v) is 7.19. The van der Waals surface area contributed by atoms with E-state index in [-0.39, 0.29) is 12.5 Å². The zero-order valence-electron chi connectivity index (χ0n) is 16.5. The number of amidine groups is 1. The molecule has 1 aliphatic heterocycles. The van der Waals surface area contributed by atoms with Crippen molar-refractivity contribution in [2.45, 2.75) is 33.2 Å². The van der Waals surface area contributed by atoms with Crippen LogP contribution >= 0.6 is 11.6 Å². The molecule has 3 aromatic rings. The minimum Gasteiger partial charge on any atom is -0.313 e. The van der Waals surface area contributed by atoms with E-state index in [1.165, 1.54) is 6.33 Å². The van der Waals surface area contributed by atoms with Crippen LogP contribution in [0.15, 0.2) is 42.2 Å². The van der Waals surface area contributed by atoms with Crippen LogP contribution in [-0.2, 0) is 11.3 Å². The Morgan fingerprint density at radius 1 is 1.17 bits per heavy atom. The van der Waals surface area contributed by atoms with Crippen LogP contribution in [0, 0.1) is 13.8 Å². The molecule has 1 amide bonds. The molecule has 9 nitrogen and oxygen atoms in total. The molecule has 4 rings (SSSR count). The molecule has 0 saturated carbocycles. The Morgan fingerprint density at radius 2 is 2.03 bits per heavy atom. The van der Waals surface area contributed by atoms with Gasteiger partial charge in [-0.05, 0) is 25.8 Å². The van der Waals surface area contributed by atoms with Gasteiger partial charge in [-0.3, -0.25) is 19.4 Å². The summed E-state index contributed by atoms with van der Waals surface area (Å²) in [6.07, 6.45) is 9.47. The van der Waals surface area contributed by atoms with Crippen molar-refractivity contribution < 1.29 is 4.79 Å². The lowest BCUT2D eigenvalue weighted by Gasteiger charge is -2.14. The first-order valence-electron chi connectivity index (χ1n) is 9.35. The Labute approximate surface area is 178 Å². The van der Waals surface area contributed by atoms with Gasteiger partial charge >= 0.3 is 0 Å². The van der Waals surface area contributed by atoms with Crippen LogP contribution in [0.2, 0.25) is 5.15 Å². The molecule has 0 bridgehead atoms. The van der Waals surface area contributed by atoms with E-state index in [4.69, 9.17) is 11.6 Å². The molecule has 152 valence electrons. The van der Waals surface area contributed by atoms with Crippen molar-refractivity contribution in [3.8, 4) is 11.3 Å². The summed E-state index contributed by atoms with van der Waals surface area (Å²) >= 11 is 5.98. The lowest BCUT2D eigenvalue weighted by Crippen LogP contribution is -2.34. The van der Waals surface area contributed by atoms with Crippen molar-refractivity contribution in [3.05, 3.63) is 59.4 Å². The van der Waals surface area contributed by atoms with Gasteiger partial charge in [-0.15, -0.1) is 0 Å². The van der Waals surface area contributed by atoms with Crippen molar-refractivity contribution in [1.82, 2.24) is 35.0 Å². The highest BCUT2D eigenvalue weighted by molar-refractivity contribution is 6.29. The van der Waals surface area contributed by atoms with Gasteiger partial charge in [0, 0.05) is 42.3 Å². The first-order chi connectivity index (χ1) is 14.5. The zero-order chi connectivity index (χ0) is 21.1. The van der Waals surface area contributed by atoms with E-state index in [1.54, 1.807) is 35.5 Å². The average Bonchev–Trinajstić information content (AvgIpc) is 3.02. The quantitative estimate of drug-likeness (QED) is 0.647. The van der Waals surface area contributed by atoms with Crippen LogP contribution in [0.25, 0.3) is 16.8 Å². The maximum Gasteiger partial charge on any atom is 0.247 e. The van der Waals surface area contributed by atoms with Crippen LogP contribution in [0.1, 0.15) is 29.9 Å². The van der Waals surface area contributed by atoms with Crippen LogP contribution in [0.5, 0.6) is 0 Å². The van der Waals surface area contributed by atoms with Crippen molar-refractivity contribution >= 4 is 28.9 Å². The summed E-state index contributed by atoms with van der Waals surface area (Å²) in [5.74, 6) is 0.431. The maximum absolute atomic E-state index is 12.6. The summed E-state index contributed by atoms with van der Waals surface area (Å²) in [4.78, 5) is 33.4.